The molecule has 1 saturated carbocycles. The van der Waals surface area contributed by atoms with Crippen LogP contribution in [-0.2, 0) is 17.6 Å². The number of benzene rings is 2. The van der Waals surface area contributed by atoms with Crippen LogP contribution in [0.4, 0.5) is 0 Å². The van der Waals surface area contributed by atoms with E-state index in [4.69, 9.17) is 5.73 Å². The molecule has 0 heterocycles. The maximum Gasteiger partial charge on any atom is 0.154 e. The number of fused-ring (bicyclic) bond motifs is 1. The molecule has 4 rings (SSSR count). The quantitative estimate of drug-likeness (QED) is 0.709. The van der Waals surface area contributed by atoms with Crippen LogP contribution in [0.3, 0.4) is 0 Å². The first kappa shape index (κ1) is 19.5. The van der Waals surface area contributed by atoms with E-state index < -0.39 is 6.04 Å². The fourth-order valence-corrected chi connectivity index (χ4v) is 4.02. The minimum absolute atomic E-state index is 0.00347. The Bertz CT molecular complexity index is 1020. The van der Waals surface area contributed by atoms with Crippen molar-refractivity contribution in [2.75, 3.05) is 0 Å². The Morgan fingerprint density at radius 2 is 1.79 bits per heavy atom. The lowest BCUT2D eigenvalue weighted by Crippen LogP contribution is -2.36. The zero-order valence-corrected chi connectivity index (χ0v) is 16.9. The lowest BCUT2D eigenvalue weighted by molar-refractivity contribution is -0.120. The Morgan fingerprint density at radius 1 is 1.10 bits per heavy atom. The fraction of sp³-hybridized carbons (Fsp3) is 0.320. The summed E-state index contributed by atoms with van der Waals surface area (Å²) in [7, 11) is 0. The molecule has 150 valence electrons. The van der Waals surface area contributed by atoms with E-state index in [1.807, 2.05) is 32.0 Å². The maximum atomic E-state index is 12.4. The van der Waals surface area contributed by atoms with Crippen molar-refractivity contribution in [1.29, 1.82) is 0 Å². The predicted molar refractivity (Wildman–Crippen MR) is 116 cm³/mol. The van der Waals surface area contributed by atoms with E-state index in [9.17, 15) is 15.0 Å². The van der Waals surface area contributed by atoms with Crippen molar-refractivity contribution in [3.05, 3.63) is 70.3 Å². The molecule has 2 aromatic carbocycles. The average molecular weight is 389 g/mol. The van der Waals surface area contributed by atoms with E-state index in [2.05, 4.69) is 6.08 Å². The zero-order chi connectivity index (χ0) is 20.7. The van der Waals surface area contributed by atoms with Crippen molar-refractivity contribution >= 4 is 16.9 Å². The molecule has 0 radical (unpaired) electrons. The van der Waals surface area contributed by atoms with Crippen molar-refractivity contribution in [3.8, 4) is 11.5 Å². The standard InChI is InChI=1S/C25H27NO3/c1-14(2)25(26)22(29)13-15-11-18-7-10-20(16-5-8-19(27)9-6-16)23(17-3-4-17)24(18)21(28)12-15/h5-6,8-12,14,25,27-28H,3-4,7,13,26H2,1-2H3/t25-/m0/s1. The molecule has 4 nitrogen and oxygen atoms in total. The number of Topliss-reactive ketones (excluding diaryl/α,β-unsaturated/α-hetero) is 1. The minimum atomic E-state index is -0.488. The van der Waals surface area contributed by atoms with Crippen LogP contribution >= 0.6 is 0 Å². The first-order valence-electron chi connectivity index (χ1n) is 10.2. The Labute approximate surface area is 171 Å². The van der Waals surface area contributed by atoms with Crippen LogP contribution in [0.25, 0.3) is 11.1 Å². The number of rotatable bonds is 5. The highest BCUT2D eigenvalue weighted by molar-refractivity contribution is 6.10. The van der Waals surface area contributed by atoms with Crippen molar-refractivity contribution < 1.29 is 15.0 Å². The van der Waals surface area contributed by atoms with Gasteiger partial charge >= 0.3 is 0 Å². The Hall–Kier alpha value is -2.85. The summed E-state index contributed by atoms with van der Waals surface area (Å²) in [6, 6.07) is 10.5. The van der Waals surface area contributed by atoms with Crippen LogP contribution in [-0.4, -0.2) is 22.0 Å². The first-order valence-corrected chi connectivity index (χ1v) is 10.2. The highest BCUT2D eigenvalue weighted by atomic mass is 16.3. The van der Waals surface area contributed by atoms with Gasteiger partial charge in [-0.3, -0.25) is 4.79 Å². The Balaban J connectivity index is 1.71. The van der Waals surface area contributed by atoms with E-state index >= 15 is 0 Å². The molecule has 2 aliphatic carbocycles. The van der Waals surface area contributed by atoms with Gasteiger partial charge in [-0.2, -0.15) is 0 Å². The van der Waals surface area contributed by atoms with Crippen LogP contribution in [0.5, 0.6) is 11.5 Å². The molecule has 0 bridgehead atoms. The van der Waals surface area contributed by atoms with E-state index in [1.165, 1.54) is 5.57 Å². The van der Waals surface area contributed by atoms with Gasteiger partial charge in [0.05, 0.1) is 6.04 Å². The molecule has 2 aliphatic rings. The van der Waals surface area contributed by atoms with Crippen LogP contribution in [0.15, 0.2) is 48.0 Å². The summed E-state index contributed by atoms with van der Waals surface area (Å²) in [5.74, 6) is 0.553. The second-order valence-corrected chi connectivity index (χ2v) is 8.41. The van der Waals surface area contributed by atoms with Crippen LogP contribution < -0.4 is 5.73 Å². The minimum Gasteiger partial charge on any atom is -0.508 e. The third-order valence-electron chi connectivity index (χ3n) is 5.80. The van der Waals surface area contributed by atoms with Crippen LogP contribution in [0, 0.1) is 5.92 Å². The normalized spacial score (nSPS) is 16.5. The molecule has 0 spiro atoms. The zero-order valence-electron chi connectivity index (χ0n) is 16.9. The smallest absolute Gasteiger partial charge is 0.154 e. The number of ketones is 1. The van der Waals surface area contributed by atoms with Gasteiger partial charge in [0.15, 0.2) is 5.78 Å². The number of hydrogen-bond acceptors (Lipinski definition) is 4. The Morgan fingerprint density at radius 3 is 2.41 bits per heavy atom. The molecule has 1 atom stereocenters. The first-order chi connectivity index (χ1) is 13.8. The summed E-state index contributed by atoms with van der Waals surface area (Å²) < 4.78 is 0. The van der Waals surface area contributed by atoms with E-state index in [-0.39, 0.29) is 29.6 Å². The predicted octanol–water partition coefficient (Wildman–Crippen LogP) is 4.38. The van der Waals surface area contributed by atoms with E-state index in [0.29, 0.717) is 6.42 Å². The number of aromatic hydroxyl groups is 2. The summed E-state index contributed by atoms with van der Waals surface area (Å²) in [5.41, 5.74) is 13.3. The van der Waals surface area contributed by atoms with E-state index in [1.54, 1.807) is 18.2 Å². The third-order valence-corrected chi connectivity index (χ3v) is 5.80. The molecule has 2 aromatic rings. The third kappa shape index (κ3) is 3.85. The van der Waals surface area contributed by atoms with Crippen molar-refractivity contribution in [2.45, 2.75) is 45.6 Å². The maximum absolute atomic E-state index is 12.4. The number of nitrogens with two attached hydrogens (primary N) is 1. The second-order valence-electron chi connectivity index (χ2n) is 8.41. The van der Waals surface area contributed by atoms with Gasteiger partial charge in [-0.25, -0.2) is 0 Å². The average Bonchev–Trinajstić information content (AvgIpc) is 3.52. The number of phenolic OH excluding ortho intramolecular Hbond substituents is 2. The molecule has 0 amide bonds. The molecule has 29 heavy (non-hydrogen) atoms. The molecule has 4 heteroatoms. The van der Waals surface area contributed by atoms with Gasteiger partial charge in [0.1, 0.15) is 11.5 Å². The van der Waals surface area contributed by atoms with Crippen LogP contribution in [0.1, 0.15) is 48.9 Å². The molecule has 0 aromatic heterocycles. The lowest BCUT2D eigenvalue weighted by atomic mass is 9.81. The molecule has 4 N–H and O–H groups in total. The second kappa shape index (κ2) is 7.53. The largest absolute Gasteiger partial charge is 0.508 e. The summed E-state index contributed by atoms with van der Waals surface area (Å²) >= 11 is 0. The van der Waals surface area contributed by atoms with E-state index in [0.717, 1.165) is 46.2 Å². The van der Waals surface area contributed by atoms with Crippen molar-refractivity contribution in [2.24, 2.45) is 11.7 Å². The number of carbonyl (C=O) groups is 1. The van der Waals surface area contributed by atoms with Gasteiger partial charge < -0.3 is 15.9 Å². The summed E-state index contributed by atoms with van der Waals surface area (Å²) in [6.07, 6.45) is 5.18. The number of hydrogen-bond donors (Lipinski definition) is 3. The molecule has 1 fully saturated rings. The van der Waals surface area contributed by atoms with Gasteiger partial charge in [-0.1, -0.05) is 43.7 Å². The van der Waals surface area contributed by atoms with Gasteiger partial charge in [0.2, 0.25) is 0 Å². The molecular formula is C25H27NO3. The number of phenols is 2. The molecule has 0 aliphatic heterocycles. The van der Waals surface area contributed by atoms with Crippen molar-refractivity contribution in [1.82, 2.24) is 0 Å². The summed E-state index contributed by atoms with van der Waals surface area (Å²) in [4.78, 5) is 12.4. The number of carbonyl (C=O) groups excluding carboxylic acids is 1. The Kier molecular flexibility index (Phi) is 5.05. The van der Waals surface area contributed by atoms with Gasteiger partial charge in [0, 0.05) is 12.0 Å². The fourth-order valence-electron chi connectivity index (χ4n) is 4.02. The van der Waals surface area contributed by atoms with Crippen molar-refractivity contribution in [3.63, 3.8) is 0 Å². The topological polar surface area (TPSA) is 83.6 Å². The molecular weight excluding hydrogens is 362 g/mol. The number of allylic oxidation sites excluding steroid dienone is 4. The summed E-state index contributed by atoms with van der Waals surface area (Å²) in [5, 5.41) is 20.5. The van der Waals surface area contributed by atoms with Gasteiger partial charge in [0.25, 0.3) is 0 Å². The highest BCUT2D eigenvalue weighted by Gasteiger charge is 2.29. The summed E-state index contributed by atoms with van der Waals surface area (Å²) in [6.45, 7) is 3.88. The molecule has 0 unspecified atom stereocenters. The SMILES string of the molecule is CC(C)[C@H](N)C(=O)Cc1cc(O)c2c(c1)CC=C(c1ccc(O)cc1)C2=C1CC1. The monoisotopic (exact) mass is 389 g/mol. The molecule has 0 saturated heterocycles. The highest BCUT2D eigenvalue weighted by Crippen LogP contribution is 2.49. The van der Waals surface area contributed by atoms with Gasteiger partial charge in [-0.05, 0) is 71.2 Å². The van der Waals surface area contributed by atoms with Crippen LogP contribution in [0.2, 0.25) is 0 Å². The lowest BCUT2D eigenvalue weighted by Gasteiger charge is -2.24. The van der Waals surface area contributed by atoms with Gasteiger partial charge in [-0.15, -0.1) is 0 Å².